The molecule has 12 heteroatoms. The van der Waals surface area contributed by atoms with E-state index >= 15 is 0 Å². The van der Waals surface area contributed by atoms with E-state index in [0.29, 0.717) is 16.8 Å². The summed E-state index contributed by atoms with van der Waals surface area (Å²) >= 11 is 0. The molecule has 0 spiro atoms. The molecule has 0 amide bonds. The van der Waals surface area contributed by atoms with Gasteiger partial charge in [-0.25, -0.2) is 12.8 Å². The summed E-state index contributed by atoms with van der Waals surface area (Å²) in [5.41, 5.74) is -4.44. The zero-order valence-corrected chi connectivity index (χ0v) is 17.6. The summed E-state index contributed by atoms with van der Waals surface area (Å²) in [6, 6.07) is 5.72. The van der Waals surface area contributed by atoms with Crippen molar-refractivity contribution in [3.05, 3.63) is 35.6 Å². The van der Waals surface area contributed by atoms with Gasteiger partial charge in [-0.05, 0) is 30.5 Å². The van der Waals surface area contributed by atoms with Crippen molar-refractivity contribution in [3.8, 4) is 0 Å². The molecule has 1 heterocycles. The maximum Gasteiger partial charge on any atom is 0.511 e. The van der Waals surface area contributed by atoms with Crippen LogP contribution in [0.2, 0.25) is 0 Å². The maximum absolute atomic E-state index is 12.9. The Morgan fingerprint density at radius 3 is 2.26 bits per heavy atom. The van der Waals surface area contributed by atoms with Crippen molar-refractivity contribution < 1.29 is 26.0 Å². The van der Waals surface area contributed by atoms with Crippen molar-refractivity contribution in [1.82, 2.24) is 14.9 Å². The van der Waals surface area contributed by atoms with Crippen molar-refractivity contribution in [1.29, 1.82) is 0 Å². The lowest BCUT2D eigenvalue weighted by Gasteiger charge is -2.32. The molecule has 0 saturated carbocycles. The first-order valence-electron chi connectivity index (χ1n) is 7.91. The number of guanidine groups is 1. The van der Waals surface area contributed by atoms with E-state index in [0.717, 1.165) is 5.56 Å². The Kier molecular flexibility index (Phi) is 8.73. The molecule has 1 saturated heterocycles. The molecule has 0 bridgehead atoms. The second-order valence-electron chi connectivity index (χ2n) is 5.82. The van der Waals surface area contributed by atoms with Gasteiger partial charge in [-0.3, -0.25) is 4.99 Å². The minimum absolute atomic E-state index is 0. The Labute approximate surface area is 172 Å². The minimum Gasteiger partial charge on any atom is -0.354 e. The zero-order valence-electron chi connectivity index (χ0n) is 14.5. The summed E-state index contributed by atoms with van der Waals surface area (Å²) in [6.07, 6.45) is 0.457. The minimum atomic E-state index is -5.28. The SMILES string of the molecule is CN=C(NCc1ccc(F)cc1)NC1CCN(S(=O)(=O)C(F)(F)F)CC1.I. The van der Waals surface area contributed by atoms with Gasteiger partial charge in [0.25, 0.3) is 0 Å². The van der Waals surface area contributed by atoms with Crippen LogP contribution in [-0.2, 0) is 16.6 Å². The molecule has 1 aromatic carbocycles. The van der Waals surface area contributed by atoms with Crippen LogP contribution in [0.5, 0.6) is 0 Å². The number of nitrogens with one attached hydrogen (secondary N) is 2. The topological polar surface area (TPSA) is 73.8 Å². The van der Waals surface area contributed by atoms with Crippen LogP contribution >= 0.6 is 24.0 Å². The molecule has 1 fully saturated rings. The van der Waals surface area contributed by atoms with Crippen LogP contribution in [0.3, 0.4) is 0 Å². The van der Waals surface area contributed by atoms with Gasteiger partial charge in [0.05, 0.1) is 0 Å². The predicted octanol–water partition coefficient (Wildman–Crippen LogP) is 2.42. The van der Waals surface area contributed by atoms with Gasteiger partial charge in [0.15, 0.2) is 5.96 Å². The Balaban J connectivity index is 0.00000364. The first-order valence-corrected chi connectivity index (χ1v) is 9.35. The van der Waals surface area contributed by atoms with Crippen molar-refractivity contribution in [3.63, 3.8) is 0 Å². The third-order valence-corrected chi connectivity index (χ3v) is 5.65. The molecule has 0 radical (unpaired) electrons. The molecule has 1 aromatic rings. The Bertz CT molecular complexity index is 733. The lowest BCUT2D eigenvalue weighted by atomic mass is 10.1. The van der Waals surface area contributed by atoms with Crippen LogP contribution in [0.1, 0.15) is 18.4 Å². The molecule has 0 unspecified atom stereocenters. The van der Waals surface area contributed by atoms with Gasteiger partial charge >= 0.3 is 15.5 Å². The number of nitrogens with zero attached hydrogens (tertiary/aromatic N) is 2. The third-order valence-electron chi connectivity index (χ3n) is 4.02. The second-order valence-corrected chi connectivity index (χ2v) is 7.75. The van der Waals surface area contributed by atoms with Crippen molar-refractivity contribution >= 4 is 40.0 Å². The number of halogens is 5. The average molecular weight is 524 g/mol. The first kappa shape index (κ1) is 23.9. The van der Waals surface area contributed by atoms with Gasteiger partial charge in [0, 0.05) is 32.7 Å². The van der Waals surface area contributed by atoms with Gasteiger partial charge < -0.3 is 10.6 Å². The molecule has 154 valence electrons. The van der Waals surface area contributed by atoms with Gasteiger partial charge in [0.1, 0.15) is 5.82 Å². The molecule has 6 nitrogen and oxygen atoms in total. The number of piperidine rings is 1. The normalized spacial score (nSPS) is 17.3. The van der Waals surface area contributed by atoms with E-state index in [1.165, 1.54) is 12.1 Å². The predicted molar refractivity (Wildman–Crippen MR) is 105 cm³/mol. The summed E-state index contributed by atoms with van der Waals surface area (Å²) in [7, 11) is -3.73. The number of sulfonamides is 1. The van der Waals surface area contributed by atoms with E-state index in [1.54, 1.807) is 19.2 Å². The smallest absolute Gasteiger partial charge is 0.354 e. The second kappa shape index (κ2) is 9.87. The lowest BCUT2D eigenvalue weighted by molar-refractivity contribution is -0.0494. The number of rotatable bonds is 4. The van der Waals surface area contributed by atoms with Crippen molar-refractivity contribution in [2.75, 3.05) is 20.1 Å². The zero-order chi connectivity index (χ0) is 19.4. The third kappa shape index (κ3) is 6.45. The molecule has 2 N–H and O–H groups in total. The van der Waals surface area contributed by atoms with Crippen LogP contribution in [0.25, 0.3) is 0 Å². The Morgan fingerprint density at radius 2 is 1.78 bits per heavy atom. The van der Waals surface area contributed by atoms with E-state index in [1.807, 2.05) is 0 Å². The Morgan fingerprint density at radius 1 is 1.22 bits per heavy atom. The fraction of sp³-hybridized carbons (Fsp3) is 0.533. The quantitative estimate of drug-likeness (QED) is 0.275. The largest absolute Gasteiger partial charge is 0.511 e. The Hall–Kier alpha value is -1.15. The van der Waals surface area contributed by atoms with E-state index in [9.17, 15) is 26.0 Å². The molecule has 0 aliphatic carbocycles. The van der Waals surface area contributed by atoms with Crippen LogP contribution in [-0.4, -0.2) is 50.4 Å². The number of hydrogen-bond acceptors (Lipinski definition) is 3. The van der Waals surface area contributed by atoms with Gasteiger partial charge in [-0.15, -0.1) is 24.0 Å². The van der Waals surface area contributed by atoms with E-state index in [4.69, 9.17) is 0 Å². The fourth-order valence-corrected chi connectivity index (χ4v) is 3.55. The van der Waals surface area contributed by atoms with E-state index in [2.05, 4.69) is 15.6 Å². The summed E-state index contributed by atoms with van der Waals surface area (Å²) in [5.74, 6) is 0.100. The molecule has 1 aliphatic rings. The van der Waals surface area contributed by atoms with E-state index < -0.39 is 15.5 Å². The highest BCUT2D eigenvalue weighted by atomic mass is 127. The van der Waals surface area contributed by atoms with Crippen molar-refractivity contribution in [2.45, 2.75) is 30.9 Å². The number of benzene rings is 1. The fourth-order valence-electron chi connectivity index (χ4n) is 2.56. The number of alkyl halides is 3. The molecular formula is C15H21F4IN4O2S. The van der Waals surface area contributed by atoms with Gasteiger partial charge in [0.2, 0.25) is 0 Å². The summed E-state index contributed by atoms with van der Waals surface area (Å²) < 4.78 is 73.8. The molecule has 0 aromatic heterocycles. The highest BCUT2D eigenvalue weighted by molar-refractivity contribution is 14.0. The monoisotopic (exact) mass is 524 g/mol. The molecule has 2 rings (SSSR count). The van der Waals surface area contributed by atoms with Gasteiger partial charge in [-0.1, -0.05) is 12.1 Å². The highest BCUT2D eigenvalue weighted by Crippen LogP contribution is 2.28. The van der Waals surface area contributed by atoms with Crippen LogP contribution < -0.4 is 10.6 Å². The summed E-state index contributed by atoms with van der Waals surface area (Å²) in [4.78, 5) is 4.03. The standard InChI is InChI=1S/C15H20F4N4O2S.HI/c1-20-14(21-10-11-2-4-12(16)5-3-11)22-13-6-8-23(9-7-13)26(24,25)15(17,18)19;/h2-5,13H,6-10H2,1H3,(H2,20,21,22);1H. The number of aliphatic imine (C=N–C) groups is 1. The summed E-state index contributed by atoms with van der Waals surface area (Å²) in [5, 5.41) is 6.08. The molecule has 0 atom stereocenters. The van der Waals surface area contributed by atoms with E-state index in [-0.39, 0.29) is 61.8 Å². The molecule has 27 heavy (non-hydrogen) atoms. The first-order chi connectivity index (χ1) is 12.1. The molecular weight excluding hydrogens is 503 g/mol. The highest BCUT2D eigenvalue weighted by Gasteiger charge is 2.50. The molecule has 1 aliphatic heterocycles. The number of hydrogen-bond donors (Lipinski definition) is 2. The average Bonchev–Trinajstić information content (AvgIpc) is 2.59. The van der Waals surface area contributed by atoms with Crippen LogP contribution in [0.4, 0.5) is 17.6 Å². The van der Waals surface area contributed by atoms with Crippen LogP contribution in [0, 0.1) is 5.82 Å². The summed E-state index contributed by atoms with van der Waals surface area (Å²) in [6.45, 7) is -0.0375. The van der Waals surface area contributed by atoms with Crippen molar-refractivity contribution in [2.24, 2.45) is 4.99 Å². The maximum atomic E-state index is 12.9. The lowest BCUT2D eigenvalue weighted by Crippen LogP contribution is -2.51. The van der Waals surface area contributed by atoms with Gasteiger partial charge in [-0.2, -0.15) is 17.5 Å². The van der Waals surface area contributed by atoms with Crippen LogP contribution in [0.15, 0.2) is 29.3 Å².